The second-order valence-electron chi connectivity index (χ2n) is 11.4. The van der Waals surface area contributed by atoms with Crippen molar-refractivity contribution in [1.29, 1.82) is 0 Å². The van der Waals surface area contributed by atoms with Crippen molar-refractivity contribution in [3.8, 4) is 11.4 Å². The lowest BCUT2D eigenvalue weighted by Gasteiger charge is -2.26. The SMILES string of the molecule is C[Si](C)(C)CCOCc1nc(NCCN2CCOCC2)nc2n[nH]c(-c3cccc(NCc4ccc(Cl)cc4)n3)c12. The van der Waals surface area contributed by atoms with Gasteiger partial charge in [0, 0.05) is 52.4 Å². The van der Waals surface area contributed by atoms with Crippen LogP contribution in [0.5, 0.6) is 0 Å². The average molecular weight is 595 g/mol. The number of hydrogen-bond donors (Lipinski definition) is 3. The van der Waals surface area contributed by atoms with E-state index < -0.39 is 8.07 Å². The minimum Gasteiger partial charge on any atom is -0.379 e. The van der Waals surface area contributed by atoms with Crippen LogP contribution in [0.2, 0.25) is 30.7 Å². The Kier molecular flexibility index (Phi) is 9.83. The number of hydrogen-bond acceptors (Lipinski definition) is 9. The maximum absolute atomic E-state index is 6.15. The van der Waals surface area contributed by atoms with Crippen molar-refractivity contribution in [3.05, 3.63) is 58.7 Å². The van der Waals surface area contributed by atoms with E-state index in [1.54, 1.807) is 0 Å². The summed E-state index contributed by atoms with van der Waals surface area (Å²) in [6.07, 6.45) is 0. The van der Waals surface area contributed by atoms with Gasteiger partial charge in [0.2, 0.25) is 5.95 Å². The van der Waals surface area contributed by atoms with Crippen molar-refractivity contribution >= 4 is 42.5 Å². The zero-order valence-electron chi connectivity index (χ0n) is 24.0. The first kappa shape index (κ1) is 29.4. The smallest absolute Gasteiger partial charge is 0.225 e. The normalized spacial score (nSPS) is 14.4. The fourth-order valence-corrected chi connectivity index (χ4v) is 5.41. The van der Waals surface area contributed by atoms with Crippen molar-refractivity contribution in [2.24, 2.45) is 0 Å². The standard InChI is InChI=1S/C29H39ClN8O2Si/c1-41(2,3)18-17-40-20-24-26-27(23-5-4-6-25(33-23)32-19-21-7-9-22(30)10-8-21)36-37-28(26)35-29(34-24)31-11-12-38-13-15-39-16-14-38/h4-10H,11-20H2,1-3H3,(H,32,33)(H2,31,34,35,36,37). The zero-order valence-corrected chi connectivity index (χ0v) is 25.8. The molecule has 0 spiro atoms. The third kappa shape index (κ3) is 8.46. The van der Waals surface area contributed by atoms with Crippen molar-refractivity contribution in [2.75, 3.05) is 56.6 Å². The van der Waals surface area contributed by atoms with E-state index in [2.05, 4.69) is 45.4 Å². The number of benzene rings is 1. The Morgan fingerprint density at radius 3 is 2.61 bits per heavy atom. The summed E-state index contributed by atoms with van der Waals surface area (Å²) < 4.78 is 11.6. The largest absolute Gasteiger partial charge is 0.379 e. The summed E-state index contributed by atoms with van der Waals surface area (Å²) in [7, 11) is -1.21. The van der Waals surface area contributed by atoms with Crippen LogP contribution in [0.25, 0.3) is 22.4 Å². The number of rotatable bonds is 13. The number of nitrogens with one attached hydrogen (secondary N) is 3. The molecule has 3 aromatic heterocycles. The average Bonchev–Trinajstić information content (AvgIpc) is 3.40. The van der Waals surface area contributed by atoms with Gasteiger partial charge in [-0.25, -0.2) is 9.97 Å². The van der Waals surface area contributed by atoms with Gasteiger partial charge in [0.1, 0.15) is 5.82 Å². The lowest BCUT2D eigenvalue weighted by Crippen LogP contribution is -2.39. The summed E-state index contributed by atoms with van der Waals surface area (Å²) in [5, 5.41) is 16.1. The fraction of sp³-hybridized carbons (Fsp3) is 0.448. The molecule has 218 valence electrons. The first-order valence-corrected chi connectivity index (χ1v) is 18.2. The molecule has 12 heteroatoms. The van der Waals surface area contributed by atoms with Gasteiger partial charge >= 0.3 is 0 Å². The number of halogens is 1. The fourth-order valence-electron chi connectivity index (χ4n) is 4.53. The summed E-state index contributed by atoms with van der Waals surface area (Å²) in [6.45, 7) is 13.9. The third-order valence-electron chi connectivity index (χ3n) is 6.93. The van der Waals surface area contributed by atoms with E-state index in [9.17, 15) is 0 Å². The van der Waals surface area contributed by atoms with Gasteiger partial charge < -0.3 is 20.1 Å². The Bertz CT molecular complexity index is 1420. The Labute approximate surface area is 247 Å². The van der Waals surface area contributed by atoms with Crippen LogP contribution in [0.4, 0.5) is 11.8 Å². The molecular formula is C29H39ClN8O2Si. The summed E-state index contributed by atoms with van der Waals surface area (Å²) in [6, 6.07) is 14.8. The molecular weight excluding hydrogens is 556 g/mol. The van der Waals surface area contributed by atoms with Crippen LogP contribution in [0, 0.1) is 0 Å². The van der Waals surface area contributed by atoms with Crippen LogP contribution in [0.3, 0.4) is 0 Å². The summed E-state index contributed by atoms with van der Waals surface area (Å²) in [5.74, 6) is 1.31. The topological polar surface area (TPSA) is 113 Å². The van der Waals surface area contributed by atoms with Gasteiger partial charge in [-0.15, -0.1) is 0 Å². The van der Waals surface area contributed by atoms with Crippen LogP contribution in [0.1, 0.15) is 11.3 Å². The molecule has 4 aromatic rings. The zero-order chi connectivity index (χ0) is 28.7. The molecule has 0 bridgehead atoms. The number of ether oxygens (including phenoxy) is 2. The van der Waals surface area contributed by atoms with Gasteiger partial charge in [0.05, 0.1) is 42.3 Å². The van der Waals surface area contributed by atoms with E-state index in [-0.39, 0.29) is 0 Å². The predicted molar refractivity (Wildman–Crippen MR) is 167 cm³/mol. The van der Waals surface area contributed by atoms with Gasteiger partial charge in [0.15, 0.2) is 5.65 Å². The molecule has 0 aliphatic carbocycles. The lowest BCUT2D eigenvalue weighted by molar-refractivity contribution is 0.0398. The molecule has 41 heavy (non-hydrogen) atoms. The van der Waals surface area contributed by atoms with Gasteiger partial charge in [-0.05, 0) is 35.9 Å². The van der Waals surface area contributed by atoms with Crippen LogP contribution >= 0.6 is 11.6 Å². The van der Waals surface area contributed by atoms with Crippen LogP contribution in [0.15, 0.2) is 42.5 Å². The molecule has 4 heterocycles. The Balaban J connectivity index is 1.35. The van der Waals surface area contributed by atoms with E-state index >= 15 is 0 Å². The number of fused-ring (bicyclic) bond motifs is 1. The second-order valence-corrected chi connectivity index (χ2v) is 17.5. The van der Waals surface area contributed by atoms with Crippen LogP contribution in [-0.4, -0.2) is 84.1 Å². The number of anilines is 2. The van der Waals surface area contributed by atoms with Crippen molar-refractivity contribution in [1.82, 2.24) is 30.0 Å². The molecule has 3 N–H and O–H groups in total. The molecule has 1 aliphatic heterocycles. The highest BCUT2D eigenvalue weighted by atomic mass is 35.5. The molecule has 0 atom stereocenters. The predicted octanol–water partition coefficient (Wildman–Crippen LogP) is 5.28. The minimum atomic E-state index is -1.21. The highest BCUT2D eigenvalue weighted by Crippen LogP contribution is 2.29. The molecule has 0 saturated carbocycles. The van der Waals surface area contributed by atoms with Crippen LogP contribution in [-0.2, 0) is 22.6 Å². The highest BCUT2D eigenvalue weighted by Gasteiger charge is 2.19. The van der Waals surface area contributed by atoms with E-state index in [0.717, 1.165) is 84.3 Å². The Morgan fingerprint density at radius 2 is 1.83 bits per heavy atom. The van der Waals surface area contributed by atoms with E-state index in [0.29, 0.717) is 31.4 Å². The van der Waals surface area contributed by atoms with E-state index in [1.807, 2.05) is 42.5 Å². The maximum Gasteiger partial charge on any atom is 0.225 e. The number of nitrogens with zero attached hydrogens (tertiary/aromatic N) is 5. The van der Waals surface area contributed by atoms with Gasteiger partial charge in [-0.1, -0.05) is 49.4 Å². The van der Waals surface area contributed by atoms with Gasteiger partial charge in [-0.2, -0.15) is 10.1 Å². The number of morpholine rings is 1. The van der Waals surface area contributed by atoms with Crippen molar-refractivity contribution < 1.29 is 9.47 Å². The summed E-state index contributed by atoms with van der Waals surface area (Å²) >= 11 is 6.02. The molecule has 1 aromatic carbocycles. The van der Waals surface area contributed by atoms with E-state index in [1.165, 1.54) is 0 Å². The number of aromatic amines is 1. The monoisotopic (exact) mass is 594 g/mol. The Morgan fingerprint density at radius 1 is 1.02 bits per heavy atom. The van der Waals surface area contributed by atoms with E-state index in [4.69, 9.17) is 36.0 Å². The molecule has 0 radical (unpaired) electrons. The molecule has 10 nitrogen and oxygen atoms in total. The van der Waals surface area contributed by atoms with Gasteiger partial charge in [0.25, 0.3) is 0 Å². The number of pyridine rings is 1. The first-order chi connectivity index (χ1) is 19.8. The van der Waals surface area contributed by atoms with Crippen molar-refractivity contribution in [3.63, 3.8) is 0 Å². The third-order valence-corrected chi connectivity index (χ3v) is 8.89. The van der Waals surface area contributed by atoms with Crippen LogP contribution < -0.4 is 10.6 Å². The minimum absolute atomic E-state index is 0.378. The Hall–Kier alpha value is -3.09. The molecule has 1 aliphatic rings. The summed E-state index contributed by atoms with van der Waals surface area (Å²) in [5.41, 5.74) is 4.04. The quantitative estimate of drug-likeness (QED) is 0.140. The molecule has 5 rings (SSSR count). The van der Waals surface area contributed by atoms with Crippen molar-refractivity contribution in [2.45, 2.75) is 38.8 Å². The summed E-state index contributed by atoms with van der Waals surface area (Å²) in [4.78, 5) is 16.9. The highest BCUT2D eigenvalue weighted by molar-refractivity contribution is 6.76. The molecule has 1 saturated heterocycles. The lowest BCUT2D eigenvalue weighted by atomic mass is 10.1. The number of aromatic nitrogens is 5. The number of H-pyrrole nitrogens is 1. The molecule has 1 fully saturated rings. The molecule has 0 unspecified atom stereocenters. The molecule has 0 amide bonds. The second kappa shape index (κ2) is 13.7. The maximum atomic E-state index is 6.15. The first-order valence-electron chi connectivity index (χ1n) is 14.2. The van der Waals surface area contributed by atoms with Gasteiger partial charge in [-0.3, -0.25) is 10.00 Å².